The van der Waals surface area contributed by atoms with Crippen LogP contribution in [-0.4, -0.2) is 5.11 Å². The van der Waals surface area contributed by atoms with Crippen LogP contribution in [0, 0.1) is 29.1 Å². The number of aliphatic hydroxyl groups excluding tert-OH is 1. The Bertz CT molecular complexity index is 629. The van der Waals surface area contributed by atoms with Crippen LogP contribution in [0.15, 0.2) is 12.1 Å². The second kappa shape index (κ2) is 5.67. The maximum absolute atomic E-state index is 13.5. The van der Waals surface area contributed by atoms with Gasteiger partial charge >= 0.3 is 0 Å². The average Bonchev–Trinajstić information content (AvgIpc) is 2.79. The Morgan fingerprint density at radius 3 is 1.90 bits per heavy atom. The number of thiophene rings is 1. The van der Waals surface area contributed by atoms with Gasteiger partial charge in [-0.2, -0.15) is 0 Å². The summed E-state index contributed by atoms with van der Waals surface area (Å²) >= 11 is 6.68. The molecule has 1 aromatic heterocycles. The van der Waals surface area contributed by atoms with E-state index in [1.807, 2.05) is 0 Å². The van der Waals surface area contributed by atoms with Crippen molar-refractivity contribution in [3.05, 3.63) is 56.0 Å². The standard InChI is InChI=1S/C12H6ClF5OS/c13-6-2-1-4(20-6)3-5(19)7-8(14)10(16)12(18)11(17)9(7)15/h1-2,5,19H,3H2. The molecule has 1 unspecified atom stereocenters. The normalized spacial score (nSPS) is 12.8. The smallest absolute Gasteiger partial charge is 0.200 e. The third-order valence-electron chi connectivity index (χ3n) is 2.60. The first-order valence-electron chi connectivity index (χ1n) is 5.26. The summed E-state index contributed by atoms with van der Waals surface area (Å²) in [7, 11) is 0. The highest BCUT2D eigenvalue weighted by molar-refractivity contribution is 7.16. The Morgan fingerprint density at radius 2 is 1.45 bits per heavy atom. The van der Waals surface area contributed by atoms with E-state index < -0.39 is 40.8 Å². The van der Waals surface area contributed by atoms with Gasteiger partial charge in [-0.1, -0.05) is 11.6 Å². The highest BCUT2D eigenvalue weighted by Gasteiger charge is 2.29. The lowest BCUT2D eigenvalue weighted by Gasteiger charge is -2.13. The fraction of sp³-hybridized carbons (Fsp3) is 0.167. The SMILES string of the molecule is OC(Cc1ccc(Cl)s1)c1c(F)c(F)c(F)c(F)c1F. The van der Waals surface area contributed by atoms with Gasteiger partial charge in [0.15, 0.2) is 23.3 Å². The van der Waals surface area contributed by atoms with Crippen molar-refractivity contribution in [2.45, 2.75) is 12.5 Å². The molecule has 108 valence electrons. The summed E-state index contributed by atoms with van der Waals surface area (Å²) in [5, 5.41) is 9.71. The minimum absolute atomic E-state index is 0.310. The summed E-state index contributed by atoms with van der Waals surface area (Å²) in [6.07, 6.45) is -2.18. The molecule has 0 saturated heterocycles. The van der Waals surface area contributed by atoms with E-state index in [0.29, 0.717) is 9.21 Å². The molecule has 1 aromatic carbocycles. The fourth-order valence-electron chi connectivity index (χ4n) is 1.67. The summed E-state index contributed by atoms with van der Waals surface area (Å²) in [6.45, 7) is 0. The van der Waals surface area contributed by atoms with Gasteiger partial charge < -0.3 is 5.11 Å². The fourth-order valence-corrected chi connectivity index (χ4v) is 2.79. The molecule has 2 rings (SSSR count). The predicted octanol–water partition coefficient (Wildman–Crippen LogP) is 4.37. The summed E-state index contributed by atoms with van der Waals surface area (Å²) in [4.78, 5) is 0.450. The number of hydrogen-bond donors (Lipinski definition) is 1. The zero-order chi connectivity index (χ0) is 15.0. The van der Waals surface area contributed by atoms with E-state index in [4.69, 9.17) is 11.6 Å². The van der Waals surface area contributed by atoms with E-state index in [-0.39, 0.29) is 6.42 Å². The lowest BCUT2D eigenvalue weighted by atomic mass is 10.0. The number of benzene rings is 1. The van der Waals surface area contributed by atoms with Gasteiger partial charge in [0.1, 0.15) is 0 Å². The van der Waals surface area contributed by atoms with Crippen LogP contribution in [-0.2, 0) is 6.42 Å². The van der Waals surface area contributed by atoms with Crippen molar-refractivity contribution >= 4 is 22.9 Å². The first-order chi connectivity index (χ1) is 9.32. The molecule has 0 saturated carbocycles. The maximum Gasteiger partial charge on any atom is 0.200 e. The first kappa shape index (κ1) is 15.2. The first-order valence-corrected chi connectivity index (χ1v) is 6.46. The van der Waals surface area contributed by atoms with Gasteiger partial charge in [0.25, 0.3) is 0 Å². The molecular weight excluding hydrogens is 323 g/mol. The second-order valence-corrected chi connectivity index (χ2v) is 5.71. The van der Waals surface area contributed by atoms with E-state index in [1.54, 1.807) is 0 Å². The van der Waals surface area contributed by atoms with Gasteiger partial charge in [-0.3, -0.25) is 0 Å². The minimum atomic E-state index is -2.25. The summed E-state index contributed by atoms with van der Waals surface area (Å²) in [6, 6.07) is 2.98. The molecule has 0 aliphatic carbocycles. The van der Waals surface area contributed by atoms with Crippen molar-refractivity contribution in [3.8, 4) is 0 Å². The number of halogens is 6. The van der Waals surface area contributed by atoms with Crippen LogP contribution in [0.1, 0.15) is 16.5 Å². The summed E-state index contributed by atoms with van der Waals surface area (Å²) < 4.78 is 66.2. The van der Waals surface area contributed by atoms with Crippen LogP contribution in [0.2, 0.25) is 4.34 Å². The van der Waals surface area contributed by atoms with Crippen LogP contribution >= 0.6 is 22.9 Å². The van der Waals surface area contributed by atoms with E-state index in [1.165, 1.54) is 12.1 Å². The second-order valence-electron chi connectivity index (χ2n) is 3.91. The van der Waals surface area contributed by atoms with Crippen molar-refractivity contribution in [3.63, 3.8) is 0 Å². The lowest BCUT2D eigenvalue weighted by Crippen LogP contribution is -2.12. The third-order valence-corrected chi connectivity index (χ3v) is 3.85. The minimum Gasteiger partial charge on any atom is -0.388 e. The molecule has 0 spiro atoms. The third kappa shape index (κ3) is 2.65. The Morgan fingerprint density at radius 1 is 0.950 bits per heavy atom. The Kier molecular flexibility index (Phi) is 4.31. The van der Waals surface area contributed by atoms with Crippen molar-refractivity contribution in [2.24, 2.45) is 0 Å². The van der Waals surface area contributed by atoms with Crippen LogP contribution in [0.4, 0.5) is 22.0 Å². The molecule has 20 heavy (non-hydrogen) atoms. The van der Waals surface area contributed by atoms with Gasteiger partial charge in [0.05, 0.1) is 16.0 Å². The highest BCUT2D eigenvalue weighted by atomic mass is 35.5. The predicted molar refractivity (Wildman–Crippen MR) is 64.2 cm³/mol. The van der Waals surface area contributed by atoms with E-state index >= 15 is 0 Å². The molecule has 8 heteroatoms. The molecule has 1 N–H and O–H groups in total. The molecule has 0 radical (unpaired) electrons. The van der Waals surface area contributed by atoms with Crippen LogP contribution in [0.25, 0.3) is 0 Å². The molecular formula is C12H6ClF5OS. The van der Waals surface area contributed by atoms with E-state index in [0.717, 1.165) is 11.3 Å². The Hall–Kier alpha value is -1.18. The van der Waals surface area contributed by atoms with Crippen LogP contribution in [0.3, 0.4) is 0 Å². The number of aliphatic hydroxyl groups is 1. The zero-order valence-corrected chi connectivity index (χ0v) is 11.1. The van der Waals surface area contributed by atoms with Gasteiger partial charge in [-0.05, 0) is 12.1 Å². The quantitative estimate of drug-likeness (QED) is 0.504. The van der Waals surface area contributed by atoms with Crippen molar-refractivity contribution in [1.82, 2.24) is 0 Å². The van der Waals surface area contributed by atoms with Crippen molar-refractivity contribution in [1.29, 1.82) is 0 Å². The van der Waals surface area contributed by atoms with E-state index in [2.05, 4.69) is 0 Å². The topological polar surface area (TPSA) is 20.2 Å². The largest absolute Gasteiger partial charge is 0.388 e. The molecule has 1 heterocycles. The monoisotopic (exact) mass is 328 g/mol. The zero-order valence-electron chi connectivity index (χ0n) is 9.56. The molecule has 0 amide bonds. The van der Waals surface area contributed by atoms with Crippen LogP contribution in [0.5, 0.6) is 0 Å². The number of rotatable bonds is 3. The molecule has 1 nitrogen and oxygen atoms in total. The molecule has 0 fully saturated rings. The molecule has 2 aromatic rings. The molecule has 0 aliphatic heterocycles. The Balaban J connectivity index is 2.42. The van der Waals surface area contributed by atoms with Crippen molar-refractivity contribution in [2.75, 3.05) is 0 Å². The van der Waals surface area contributed by atoms with Gasteiger partial charge in [-0.15, -0.1) is 11.3 Å². The highest BCUT2D eigenvalue weighted by Crippen LogP contribution is 2.31. The van der Waals surface area contributed by atoms with Gasteiger partial charge in [0.2, 0.25) is 5.82 Å². The van der Waals surface area contributed by atoms with E-state index in [9.17, 15) is 27.1 Å². The van der Waals surface area contributed by atoms with Gasteiger partial charge in [0, 0.05) is 11.3 Å². The van der Waals surface area contributed by atoms with Gasteiger partial charge in [-0.25, -0.2) is 22.0 Å². The van der Waals surface area contributed by atoms with Crippen molar-refractivity contribution < 1.29 is 27.1 Å². The molecule has 1 atom stereocenters. The van der Waals surface area contributed by atoms with Crippen LogP contribution < -0.4 is 0 Å². The molecule has 0 aliphatic rings. The maximum atomic E-state index is 13.5. The summed E-state index contributed by atoms with van der Waals surface area (Å²) in [5.41, 5.74) is -1.24. The Labute approximate surface area is 119 Å². The average molecular weight is 329 g/mol. The number of hydrogen-bond acceptors (Lipinski definition) is 2. The lowest BCUT2D eigenvalue weighted by molar-refractivity contribution is 0.164. The molecule has 0 bridgehead atoms. The summed E-state index contributed by atoms with van der Waals surface area (Å²) in [5.74, 6) is -10.5.